The van der Waals surface area contributed by atoms with Crippen molar-refractivity contribution in [2.75, 3.05) is 5.73 Å². The topological polar surface area (TPSA) is 80.4 Å². The zero-order valence-corrected chi connectivity index (χ0v) is 12.2. The number of carboxylic acid groups (broad SMARTS) is 1. The van der Waals surface area contributed by atoms with Crippen LogP contribution in [0, 0.1) is 5.92 Å². The lowest BCUT2D eigenvalue weighted by molar-refractivity contribution is -0.140. The van der Waals surface area contributed by atoms with E-state index in [1.165, 1.54) is 11.3 Å². The fraction of sp³-hybridized carbons (Fsp3) is 0.200. The van der Waals surface area contributed by atoms with Crippen LogP contribution in [0.5, 0.6) is 0 Å². The summed E-state index contributed by atoms with van der Waals surface area (Å²) in [6.45, 7) is 3.28. The summed E-state index contributed by atoms with van der Waals surface area (Å²) < 4.78 is 0. The van der Waals surface area contributed by atoms with Gasteiger partial charge in [0.2, 0.25) is 5.78 Å². The van der Waals surface area contributed by atoms with E-state index in [1.54, 1.807) is 32.0 Å². The van der Waals surface area contributed by atoms with Gasteiger partial charge in [0.05, 0.1) is 10.8 Å². The first-order chi connectivity index (χ1) is 9.43. The molecule has 106 valence electrons. The normalized spacial score (nSPS) is 9.75. The highest BCUT2D eigenvalue weighted by atomic mass is 32.1. The number of para-hydroxylation sites is 1. The molecule has 3 N–H and O–H groups in total. The van der Waals surface area contributed by atoms with Gasteiger partial charge >= 0.3 is 5.97 Å². The molecule has 1 aromatic carbocycles. The summed E-state index contributed by atoms with van der Waals surface area (Å²) in [4.78, 5) is 22.3. The van der Waals surface area contributed by atoms with Crippen molar-refractivity contribution in [3.05, 3.63) is 52.2 Å². The number of nitrogens with two attached hydrogens (primary N) is 1. The van der Waals surface area contributed by atoms with E-state index in [-0.39, 0.29) is 11.7 Å². The number of aliphatic carboxylic acids is 1. The molecule has 0 bridgehead atoms. The summed E-state index contributed by atoms with van der Waals surface area (Å²) in [5, 5.41) is 9.87. The van der Waals surface area contributed by atoms with Crippen LogP contribution in [-0.2, 0) is 4.79 Å². The van der Waals surface area contributed by atoms with Crippen molar-refractivity contribution >= 4 is 28.8 Å². The number of hydrogen-bond donors (Lipinski definition) is 2. The van der Waals surface area contributed by atoms with E-state index >= 15 is 0 Å². The monoisotopic (exact) mass is 291 g/mol. The molecule has 1 heterocycles. The molecule has 5 heteroatoms. The van der Waals surface area contributed by atoms with E-state index < -0.39 is 5.97 Å². The summed E-state index contributed by atoms with van der Waals surface area (Å²) in [5.41, 5.74) is 6.82. The quantitative estimate of drug-likeness (QED) is 0.671. The SMILES string of the molecule is CC(C)C(=O)O.Nc1ccccc1C(=O)c1cccs1. The number of nitrogen functional groups attached to an aromatic ring is 1. The van der Waals surface area contributed by atoms with Gasteiger partial charge in [0.25, 0.3) is 0 Å². The first-order valence-electron chi connectivity index (χ1n) is 6.09. The predicted octanol–water partition coefficient (Wildman–Crippen LogP) is 3.29. The highest BCUT2D eigenvalue weighted by Crippen LogP contribution is 2.19. The Labute approximate surface area is 121 Å². The van der Waals surface area contributed by atoms with Gasteiger partial charge in [0.15, 0.2) is 0 Å². The van der Waals surface area contributed by atoms with Crippen molar-refractivity contribution in [1.82, 2.24) is 0 Å². The van der Waals surface area contributed by atoms with E-state index in [0.717, 1.165) is 4.88 Å². The largest absolute Gasteiger partial charge is 0.481 e. The third-order valence-electron chi connectivity index (χ3n) is 2.44. The van der Waals surface area contributed by atoms with Gasteiger partial charge in [-0.25, -0.2) is 0 Å². The zero-order chi connectivity index (χ0) is 15.1. The Hall–Kier alpha value is -2.14. The van der Waals surface area contributed by atoms with Crippen molar-refractivity contribution in [2.24, 2.45) is 5.92 Å². The van der Waals surface area contributed by atoms with Crippen LogP contribution >= 0.6 is 11.3 Å². The standard InChI is InChI=1S/C11H9NOS.C4H8O2/c12-9-5-2-1-4-8(9)11(13)10-6-3-7-14-10;1-3(2)4(5)6/h1-7H,12H2;3H,1-2H3,(H,5,6). The van der Waals surface area contributed by atoms with Crippen molar-refractivity contribution < 1.29 is 14.7 Å². The van der Waals surface area contributed by atoms with Crippen LogP contribution in [-0.4, -0.2) is 16.9 Å². The highest BCUT2D eigenvalue weighted by Gasteiger charge is 2.11. The number of ketones is 1. The first kappa shape index (κ1) is 15.9. The molecular weight excluding hydrogens is 274 g/mol. The zero-order valence-electron chi connectivity index (χ0n) is 11.4. The van der Waals surface area contributed by atoms with Crippen LogP contribution in [0.25, 0.3) is 0 Å². The molecule has 4 nitrogen and oxygen atoms in total. The number of carboxylic acids is 1. The molecule has 0 saturated heterocycles. The Morgan fingerprint density at radius 3 is 2.20 bits per heavy atom. The van der Waals surface area contributed by atoms with Crippen LogP contribution in [0.3, 0.4) is 0 Å². The highest BCUT2D eigenvalue weighted by molar-refractivity contribution is 7.12. The lowest BCUT2D eigenvalue weighted by Crippen LogP contribution is -2.03. The minimum absolute atomic E-state index is 0.00176. The number of benzene rings is 1. The maximum atomic E-state index is 11.9. The van der Waals surface area contributed by atoms with Crippen LogP contribution in [0.15, 0.2) is 41.8 Å². The van der Waals surface area contributed by atoms with Crippen molar-refractivity contribution in [1.29, 1.82) is 0 Å². The third-order valence-corrected chi connectivity index (χ3v) is 3.31. The third kappa shape index (κ3) is 4.51. The Kier molecular flexibility index (Phi) is 5.93. The summed E-state index contributed by atoms with van der Waals surface area (Å²) in [7, 11) is 0. The minimum atomic E-state index is -0.741. The number of thiophene rings is 1. The van der Waals surface area contributed by atoms with E-state index in [2.05, 4.69) is 0 Å². The predicted molar refractivity (Wildman–Crippen MR) is 81.1 cm³/mol. The van der Waals surface area contributed by atoms with E-state index in [9.17, 15) is 9.59 Å². The number of anilines is 1. The molecule has 0 aliphatic rings. The molecule has 0 aliphatic carbocycles. The van der Waals surface area contributed by atoms with Crippen molar-refractivity contribution in [3.8, 4) is 0 Å². The molecule has 0 radical (unpaired) electrons. The first-order valence-corrected chi connectivity index (χ1v) is 6.97. The van der Waals surface area contributed by atoms with Gasteiger partial charge in [0, 0.05) is 11.3 Å². The average molecular weight is 291 g/mol. The van der Waals surface area contributed by atoms with E-state index in [0.29, 0.717) is 11.3 Å². The number of rotatable bonds is 3. The molecule has 2 rings (SSSR count). The summed E-state index contributed by atoms with van der Waals surface area (Å²) in [6.07, 6.45) is 0. The molecule has 20 heavy (non-hydrogen) atoms. The second-order valence-electron chi connectivity index (χ2n) is 4.39. The van der Waals surface area contributed by atoms with Gasteiger partial charge < -0.3 is 10.8 Å². The Morgan fingerprint density at radius 2 is 1.75 bits per heavy atom. The molecule has 0 unspecified atom stereocenters. The molecule has 1 aromatic heterocycles. The van der Waals surface area contributed by atoms with Gasteiger partial charge in [-0.2, -0.15) is 0 Å². The summed E-state index contributed by atoms with van der Waals surface area (Å²) in [6, 6.07) is 10.8. The van der Waals surface area contributed by atoms with E-state index in [1.807, 2.05) is 23.6 Å². The number of carbonyl (C=O) groups is 2. The van der Waals surface area contributed by atoms with Crippen molar-refractivity contribution in [2.45, 2.75) is 13.8 Å². The van der Waals surface area contributed by atoms with Crippen molar-refractivity contribution in [3.63, 3.8) is 0 Å². The lowest BCUT2D eigenvalue weighted by atomic mass is 10.1. The van der Waals surface area contributed by atoms with Crippen LogP contribution in [0.2, 0.25) is 0 Å². The fourth-order valence-electron chi connectivity index (χ4n) is 1.24. The summed E-state index contributed by atoms with van der Waals surface area (Å²) >= 11 is 1.43. The maximum absolute atomic E-state index is 11.9. The maximum Gasteiger partial charge on any atom is 0.305 e. The second kappa shape index (κ2) is 7.45. The average Bonchev–Trinajstić information content (AvgIpc) is 2.93. The molecule has 0 aliphatic heterocycles. The smallest absolute Gasteiger partial charge is 0.305 e. The van der Waals surface area contributed by atoms with Crippen LogP contribution in [0.1, 0.15) is 29.1 Å². The van der Waals surface area contributed by atoms with Gasteiger partial charge in [-0.1, -0.05) is 32.0 Å². The van der Waals surface area contributed by atoms with Gasteiger partial charge in [0.1, 0.15) is 0 Å². The summed E-state index contributed by atoms with van der Waals surface area (Å²) in [5.74, 6) is -0.974. The Balaban J connectivity index is 0.000000286. The van der Waals surface area contributed by atoms with E-state index in [4.69, 9.17) is 10.8 Å². The van der Waals surface area contributed by atoms with Gasteiger partial charge in [-0.3, -0.25) is 9.59 Å². The number of carbonyl (C=O) groups excluding carboxylic acids is 1. The molecule has 0 amide bonds. The Morgan fingerprint density at radius 1 is 1.15 bits per heavy atom. The molecule has 0 saturated carbocycles. The molecule has 0 fully saturated rings. The number of hydrogen-bond acceptors (Lipinski definition) is 4. The minimum Gasteiger partial charge on any atom is -0.481 e. The second-order valence-corrected chi connectivity index (χ2v) is 5.33. The van der Waals surface area contributed by atoms with Crippen LogP contribution < -0.4 is 5.73 Å². The van der Waals surface area contributed by atoms with Crippen LogP contribution in [0.4, 0.5) is 5.69 Å². The molecule has 0 spiro atoms. The molecule has 2 aromatic rings. The Bertz CT molecular complexity index is 577. The van der Waals surface area contributed by atoms with Gasteiger partial charge in [-0.05, 0) is 23.6 Å². The lowest BCUT2D eigenvalue weighted by Gasteiger charge is -2.01. The van der Waals surface area contributed by atoms with Gasteiger partial charge in [-0.15, -0.1) is 11.3 Å². The molecular formula is C15H17NO3S. The fourth-order valence-corrected chi connectivity index (χ4v) is 1.92. The molecule has 0 atom stereocenters.